The molecule has 0 aliphatic heterocycles. The fourth-order valence-electron chi connectivity index (χ4n) is 3.73. The van der Waals surface area contributed by atoms with Gasteiger partial charge in [0.25, 0.3) is 5.56 Å². The molecule has 0 aliphatic carbocycles. The maximum atomic E-state index is 13.3. The molecule has 0 radical (unpaired) electrons. The molecule has 0 fully saturated rings. The number of rotatable bonds is 9. The topological polar surface area (TPSA) is 64.0 Å². The first-order chi connectivity index (χ1) is 16.0. The van der Waals surface area contributed by atoms with Gasteiger partial charge in [-0.15, -0.1) is 11.3 Å². The number of thiophene rings is 1. The molecule has 0 bridgehead atoms. The number of nitrogens with one attached hydrogen (secondary N) is 1. The normalized spacial score (nSPS) is 12.1. The van der Waals surface area contributed by atoms with Crippen molar-refractivity contribution in [3.63, 3.8) is 0 Å². The lowest BCUT2D eigenvalue weighted by atomic mass is 10.1. The van der Waals surface area contributed by atoms with E-state index in [2.05, 4.69) is 17.2 Å². The van der Waals surface area contributed by atoms with Crippen LogP contribution in [0.2, 0.25) is 0 Å². The van der Waals surface area contributed by atoms with Crippen LogP contribution < -0.4 is 10.9 Å². The number of para-hydroxylation sites is 2. The van der Waals surface area contributed by atoms with E-state index in [-0.39, 0.29) is 23.3 Å². The minimum Gasteiger partial charge on any atom is -0.348 e. The van der Waals surface area contributed by atoms with Crippen molar-refractivity contribution in [3.8, 4) is 0 Å². The van der Waals surface area contributed by atoms with E-state index in [1.54, 1.807) is 15.9 Å². The van der Waals surface area contributed by atoms with Gasteiger partial charge in [0.05, 0.1) is 29.4 Å². The third-order valence-electron chi connectivity index (χ3n) is 5.42. The largest absolute Gasteiger partial charge is 0.348 e. The number of carbonyl (C=O) groups excluding carboxylic acids is 1. The van der Waals surface area contributed by atoms with Gasteiger partial charge in [0.2, 0.25) is 5.91 Å². The molecule has 4 aromatic rings. The van der Waals surface area contributed by atoms with Crippen LogP contribution in [0, 0.1) is 6.92 Å². The molecule has 5 nitrogen and oxygen atoms in total. The first-order valence-corrected chi connectivity index (χ1v) is 12.9. The van der Waals surface area contributed by atoms with E-state index in [0.717, 1.165) is 34.3 Å². The number of aromatic nitrogens is 2. The van der Waals surface area contributed by atoms with Crippen molar-refractivity contribution >= 4 is 40.0 Å². The number of thioether (sulfide) groups is 1. The van der Waals surface area contributed by atoms with Gasteiger partial charge in [-0.05, 0) is 42.5 Å². The molecule has 4 rings (SSSR count). The molecule has 1 N–H and O–H groups in total. The van der Waals surface area contributed by atoms with Crippen LogP contribution in [0.15, 0.2) is 75.9 Å². The molecule has 0 unspecified atom stereocenters. The maximum Gasteiger partial charge on any atom is 0.283 e. The molecular formula is C26H27N3O2S2. The molecule has 170 valence electrons. The highest BCUT2D eigenvalue weighted by Gasteiger charge is 2.17. The van der Waals surface area contributed by atoms with Gasteiger partial charge in [-0.25, -0.2) is 4.98 Å². The van der Waals surface area contributed by atoms with Crippen molar-refractivity contribution in [2.24, 2.45) is 0 Å². The highest BCUT2D eigenvalue weighted by atomic mass is 32.2. The molecule has 7 heteroatoms. The zero-order chi connectivity index (χ0) is 23.2. The summed E-state index contributed by atoms with van der Waals surface area (Å²) in [6.45, 7) is 4.61. The fraction of sp³-hybridized carbons (Fsp3) is 0.269. The molecule has 2 aromatic carbocycles. The van der Waals surface area contributed by atoms with Gasteiger partial charge >= 0.3 is 0 Å². The summed E-state index contributed by atoms with van der Waals surface area (Å²) in [6.07, 6.45) is 1.86. The molecule has 2 aromatic heterocycles. The molecule has 1 atom stereocenters. The summed E-state index contributed by atoms with van der Waals surface area (Å²) in [7, 11) is 0. The van der Waals surface area contributed by atoms with Crippen LogP contribution in [0.1, 0.15) is 41.8 Å². The predicted molar refractivity (Wildman–Crippen MR) is 137 cm³/mol. The highest BCUT2D eigenvalue weighted by Crippen LogP contribution is 2.24. The Hall–Kier alpha value is -2.90. The number of amides is 1. The lowest BCUT2D eigenvalue weighted by molar-refractivity contribution is -0.119. The van der Waals surface area contributed by atoms with Crippen molar-refractivity contribution in [2.45, 2.75) is 44.3 Å². The second-order valence-electron chi connectivity index (χ2n) is 8.00. The van der Waals surface area contributed by atoms with Crippen LogP contribution in [0.3, 0.4) is 0 Å². The van der Waals surface area contributed by atoms with Gasteiger partial charge in [0.1, 0.15) is 0 Å². The van der Waals surface area contributed by atoms with Crippen molar-refractivity contribution in [1.29, 1.82) is 0 Å². The van der Waals surface area contributed by atoms with Crippen LogP contribution in [-0.2, 0) is 11.3 Å². The second kappa shape index (κ2) is 10.8. The Labute approximate surface area is 201 Å². The Kier molecular flexibility index (Phi) is 7.62. The Bertz CT molecular complexity index is 1280. The maximum absolute atomic E-state index is 13.3. The van der Waals surface area contributed by atoms with Gasteiger partial charge in [0, 0.05) is 4.88 Å². The van der Waals surface area contributed by atoms with Crippen molar-refractivity contribution in [1.82, 2.24) is 14.9 Å². The second-order valence-corrected chi connectivity index (χ2v) is 9.94. The number of aryl methyl sites for hydroxylation is 1. The smallest absolute Gasteiger partial charge is 0.283 e. The summed E-state index contributed by atoms with van der Waals surface area (Å²) in [6, 6.07) is 19.9. The summed E-state index contributed by atoms with van der Waals surface area (Å²) < 4.78 is 1.75. The van der Waals surface area contributed by atoms with Crippen LogP contribution >= 0.6 is 23.1 Å². The van der Waals surface area contributed by atoms with E-state index in [9.17, 15) is 9.59 Å². The summed E-state index contributed by atoms with van der Waals surface area (Å²) in [4.78, 5) is 31.8. The molecule has 33 heavy (non-hydrogen) atoms. The van der Waals surface area contributed by atoms with Crippen LogP contribution in [-0.4, -0.2) is 21.2 Å². The molecule has 2 heterocycles. The van der Waals surface area contributed by atoms with E-state index >= 15 is 0 Å². The minimum absolute atomic E-state index is 0.00542. The minimum atomic E-state index is -0.171. The van der Waals surface area contributed by atoms with Crippen LogP contribution in [0.25, 0.3) is 11.0 Å². The van der Waals surface area contributed by atoms with E-state index < -0.39 is 0 Å². The van der Waals surface area contributed by atoms with Crippen molar-refractivity contribution in [3.05, 3.63) is 92.4 Å². The quantitative estimate of drug-likeness (QED) is 0.320. The monoisotopic (exact) mass is 477 g/mol. The predicted octanol–water partition coefficient (Wildman–Crippen LogP) is 5.56. The summed E-state index contributed by atoms with van der Waals surface area (Å²) >= 11 is 2.85. The summed E-state index contributed by atoms with van der Waals surface area (Å²) in [5.41, 5.74) is 3.59. The summed E-state index contributed by atoms with van der Waals surface area (Å²) in [5, 5.41) is 5.49. The molecule has 1 amide bonds. The number of hydrogen-bond donors (Lipinski definition) is 1. The van der Waals surface area contributed by atoms with E-state index in [4.69, 9.17) is 0 Å². The van der Waals surface area contributed by atoms with Crippen LogP contribution in [0.4, 0.5) is 0 Å². The Morgan fingerprint density at radius 3 is 2.64 bits per heavy atom. The lowest BCUT2D eigenvalue weighted by Gasteiger charge is -2.17. The first kappa shape index (κ1) is 23.3. The lowest BCUT2D eigenvalue weighted by Crippen LogP contribution is -2.30. The van der Waals surface area contributed by atoms with E-state index in [0.29, 0.717) is 11.6 Å². The van der Waals surface area contributed by atoms with E-state index in [1.165, 1.54) is 17.3 Å². The standard InChI is InChI=1S/C26H27N3O2S2/c1-3-7-21(23-10-6-15-32-23)27-24(30)17-33-25-26(31)29(16-19-13-11-18(2)12-14-19)22-9-5-4-8-20(22)28-25/h4-6,8-15,21H,3,7,16-17H2,1-2H3,(H,27,30)/t21-/m1/s1. The van der Waals surface area contributed by atoms with Gasteiger partial charge in [-0.1, -0.05) is 73.1 Å². The number of carbonyl (C=O) groups is 1. The number of fused-ring (bicyclic) bond motifs is 1. The molecule has 0 spiro atoms. The Morgan fingerprint density at radius 1 is 1.12 bits per heavy atom. The van der Waals surface area contributed by atoms with Gasteiger partial charge in [-0.3, -0.25) is 14.2 Å². The first-order valence-electron chi connectivity index (χ1n) is 11.1. The third kappa shape index (κ3) is 5.72. The molecular weight excluding hydrogens is 450 g/mol. The molecule has 0 saturated carbocycles. The average molecular weight is 478 g/mol. The average Bonchev–Trinajstić information content (AvgIpc) is 3.36. The van der Waals surface area contributed by atoms with Crippen LogP contribution in [0.5, 0.6) is 0 Å². The third-order valence-corrected chi connectivity index (χ3v) is 7.35. The van der Waals surface area contributed by atoms with Gasteiger partial charge in [0.15, 0.2) is 5.03 Å². The Morgan fingerprint density at radius 2 is 1.91 bits per heavy atom. The SMILES string of the molecule is CCC[C@@H](NC(=O)CSc1nc2ccccc2n(Cc2ccc(C)cc2)c1=O)c1cccs1. The van der Waals surface area contributed by atoms with Gasteiger partial charge in [-0.2, -0.15) is 0 Å². The van der Waals surface area contributed by atoms with Crippen molar-refractivity contribution in [2.75, 3.05) is 5.75 Å². The summed E-state index contributed by atoms with van der Waals surface area (Å²) in [5.74, 6) is 0.0581. The molecule has 0 saturated heterocycles. The number of hydrogen-bond acceptors (Lipinski definition) is 5. The molecule has 0 aliphatic rings. The number of benzene rings is 2. The fourth-order valence-corrected chi connectivity index (χ4v) is 5.29. The number of nitrogens with zero attached hydrogens (tertiary/aromatic N) is 2. The zero-order valence-corrected chi connectivity index (χ0v) is 20.4. The van der Waals surface area contributed by atoms with Gasteiger partial charge < -0.3 is 5.32 Å². The Balaban J connectivity index is 1.55. The highest BCUT2D eigenvalue weighted by molar-refractivity contribution is 7.99. The van der Waals surface area contributed by atoms with Crippen molar-refractivity contribution < 1.29 is 4.79 Å². The zero-order valence-electron chi connectivity index (χ0n) is 18.8. The van der Waals surface area contributed by atoms with E-state index in [1.807, 2.05) is 73.0 Å².